The minimum atomic E-state index is 0.859. The van der Waals surface area contributed by atoms with E-state index in [2.05, 4.69) is 15.6 Å². The van der Waals surface area contributed by atoms with Crippen molar-refractivity contribution in [3.8, 4) is 17.0 Å². The number of benzene rings is 1. The molecule has 1 aromatic carbocycles. The quantitative estimate of drug-likeness (QED) is 0.627. The van der Waals surface area contributed by atoms with Crippen molar-refractivity contribution in [2.24, 2.45) is 17.3 Å². The number of methoxy groups -OCH3 is 1. The van der Waals surface area contributed by atoms with E-state index in [1.165, 1.54) is 0 Å². The number of nitrogens with zero attached hydrogens (tertiary/aromatic N) is 3. The van der Waals surface area contributed by atoms with E-state index in [0.717, 1.165) is 27.5 Å². The van der Waals surface area contributed by atoms with Crippen molar-refractivity contribution in [1.82, 2.24) is 4.57 Å². The molecular formula is C14H17N3OS. The molecule has 19 heavy (non-hydrogen) atoms. The summed E-state index contributed by atoms with van der Waals surface area (Å²) in [5.74, 6) is 0.859. The van der Waals surface area contributed by atoms with Gasteiger partial charge in [0.1, 0.15) is 5.75 Å². The molecule has 5 heteroatoms. The molecular weight excluding hydrogens is 258 g/mol. The second kappa shape index (κ2) is 5.84. The van der Waals surface area contributed by atoms with E-state index in [1.54, 1.807) is 18.4 Å². The molecule has 0 amide bonds. The highest BCUT2D eigenvalue weighted by Crippen LogP contribution is 2.22. The molecule has 2 aromatic rings. The second-order valence-corrected chi connectivity index (χ2v) is 5.17. The molecule has 0 bridgehead atoms. The number of aromatic nitrogens is 1. The van der Waals surface area contributed by atoms with Crippen LogP contribution >= 0.6 is 11.3 Å². The smallest absolute Gasteiger partial charge is 0.210 e. The van der Waals surface area contributed by atoms with Crippen LogP contribution in [0.3, 0.4) is 0 Å². The Morgan fingerprint density at radius 1 is 1.21 bits per heavy atom. The van der Waals surface area contributed by atoms with Gasteiger partial charge < -0.3 is 9.30 Å². The largest absolute Gasteiger partial charge is 0.497 e. The van der Waals surface area contributed by atoms with Crippen molar-refractivity contribution in [2.45, 2.75) is 13.8 Å². The number of hydrogen-bond acceptors (Lipinski definition) is 4. The molecule has 0 saturated heterocycles. The number of rotatable bonds is 3. The van der Waals surface area contributed by atoms with Gasteiger partial charge in [-0.1, -0.05) is 0 Å². The minimum Gasteiger partial charge on any atom is -0.497 e. The molecule has 0 spiro atoms. The first kappa shape index (κ1) is 13.5. The molecule has 0 aliphatic heterocycles. The molecule has 0 aliphatic carbocycles. The lowest BCUT2D eigenvalue weighted by Gasteiger charge is -2.04. The van der Waals surface area contributed by atoms with Crippen LogP contribution in [0.5, 0.6) is 5.75 Å². The summed E-state index contributed by atoms with van der Waals surface area (Å²) in [5, 5.41) is 10.4. The Morgan fingerprint density at radius 3 is 2.47 bits per heavy atom. The second-order valence-electron chi connectivity index (χ2n) is 4.34. The first-order valence-electron chi connectivity index (χ1n) is 5.95. The van der Waals surface area contributed by atoms with Gasteiger partial charge >= 0.3 is 0 Å². The Labute approximate surface area is 116 Å². The van der Waals surface area contributed by atoms with Crippen LogP contribution in [-0.2, 0) is 7.05 Å². The fraction of sp³-hybridized carbons (Fsp3) is 0.286. The molecule has 100 valence electrons. The van der Waals surface area contributed by atoms with Crippen LogP contribution < -0.4 is 9.54 Å². The fourth-order valence-corrected chi connectivity index (χ4v) is 2.48. The van der Waals surface area contributed by atoms with Gasteiger partial charge in [-0.3, -0.25) is 0 Å². The molecule has 0 aliphatic rings. The van der Waals surface area contributed by atoms with Crippen LogP contribution in [-0.4, -0.2) is 17.4 Å². The summed E-state index contributed by atoms with van der Waals surface area (Å²) < 4.78 is 7.21. The van der Waals surface area contributed by atoms with E-state index < -0.39 is 0 Å². The van der Waals surface area contributed by atoms with Gasteiger partial charge in [0.2, 0.25) is 4.80 Å². The van der Waals surface area contributed by atoms with Crippen LogP contribution in [0.2, 0.25) is 0 Å². The maximum absolute atomic E-state index is 5.16. The zero-order valence-corrected chi connectivity index (χ0v) is 12.4. The summed E-state index contributed by atoms with van der Waals surface area (Å²) >= 11 is 1.58. The summed E-state index contributed by atoms with van der Waals surface area (Å²) in [6.45, 7) is 3.86. The first-order chi connectivity index (χ1) is 9.11. The zero-order valence-electron chi connectivity index (χ0n) is 11.5. The summed E-state index contributed by atoms with van der Waals surface area (Å²) in [6, 6.07) is 7.99. The summed E-state index contributed by atoms with van der Waals surface area (Å²) in [5.41, 5.74) is 3.20. The van der Waals surface area contributed by atoms with Crippen molar-refractivity contribution in [2.75, 3.05) is 7.11 Å². The van der Waals surface area contributed by atoms with Gasteiger partial charge in [-0.05, 0) is 43.7 Å². The zero-order chi connectivity index (χ0) is 13.8. The molecule has 0 atom stereocenters. The van der Waals surface area contributed by atoms with E-state index >= 15 is 0 Å². The number of thiazole rings is 1. The Kier molecular flexibility index (Phi) is 4.16. The highest BCUT2D eigenvalue weighted by molar-refractivity contribution is 7.07. The predicted octanol–water partition coefficient (Wildman–Crippen LogP) is 3.06. The number of ether oxygens (including phenoxy) is 1. The fourth-order valence-electron chi connectivity index (χ4n) is 1.63. The third-order valence-corrected chi connectivity index (χ3v) is 3.55. The van der Waals surface area contributed by atoms with Gasteiger partial charge in [-0.25, -0.2) is 0 Å². The topological polar surface area (TPSA) is 38.9 Å². The molecule has 0 N–H and O–H groups in total. The summed E-state index contributed by atoms with van der Waals surface area (Å²) in [7, 11) is 3.66. The first-order valence-corrected chi connectivity index (χ1v) is 6.83. The van der Waals surface area contributed by atoms with Gasteiger partial charge in [0.05, 0.1) is 12.8 Å². The van der Waals surface area contributed by atoms with Gasteiger partial charge in [-0.2, -0.15) is 5.10 Å². The van der Waals surface area contributed by atoms with Gasteiger partial charge in [0, 0.05) is 18.1 Å². The molecule has 1 heterocycles. The van der Waals surface area contributed by atoms with Crippen molar-refractivity contribution in [3.05, 3.63) is 34.4 Å². The normalized spacial score (nSPS) is 11.5. The molecule has 0 radical (unpaired) electrons. The van der Waals surface area contributed by atoms with Gasteiger partial charge in [-0.15, -0.1) is 16.4 Å². The lowest BCUT2D eigenvalue weighted by atomic mass is 10.1. The molecule has 0 unspecified atom stereocenters. The predicted molar refractivity (Wildman–Crippen MR) is 79.6 cm³/mol. The lowest BCUT2D eigenvalue weighted by molar-refractivity contribution is 0.415. The highest BCUT2D eigenvalue weighted by Gasteiger charge is 2.04. The Morgan fingerprint density at radius 2 is 1.89 bits per heavy atom. The maximum Gasteiger partial charge on any atom is 0.210 e. The van der Waals surface area contributed by atoms with Crippen LogP contribution in [0.4, 0.5) is 0 Å². The SMILES string of the molecule is COc1ccc(-c2csc(=NN=C(C)C)n2C)cc1. The van der Waals surface area contributed by atoms with Crippen molar-refractivity contribution in [3.63, 3.8) is 0 Å². The number of hydrogen-bond donors (Lipinski definition) is 0. The molecule has 1 aromatic heterocycles. The molecule has 2 rings (SSSR count). The average molecular weight is 275 g/mol. The van der Waals surface area contributed by atoms with Crippen molar-refractivity contribution < 1.29 is 4.74 Å². The lowest BCUT2D eigenvalue weighted by Crippen LogP contribution is -2.10. The average Bonchev–Trinajstić information content (AvgIpc) is 2.78. The van der Waals surface area contributed by atoms with E-state index in [-0.39, 0.29) is 0 Å². The summed E-state index contributed by atoms with van der Waals surface area (Å²) in [6.07, 6.45) is 0. The minimum absolute atomic E-state index is 0.859. The molecule has 0 saturated carbocycles. The van der Waals surface area contributed by atoms with E-state index in [4.69, 9.17) is 4.74 Å². The van der Waals surface area contributed by atoms with Crippen LogP contribution in [0, 0.1) is 0 Å². The van der Waals surface area contributed by atoms with Gasteiger partial charge in [0.25, 0.3) is 0 Å². The van der Waals surface area contributed by atoms with E-state index in [1.807, 2.05) is 49.7 Å². The highest BCUT2D eigenvalue weighted by atomic mass is 32.1. The monoisotopic (exact) mass is 275 g/mol. The van der Waals surface area contributed by atoms with Crippen molar-refractivity contribution in [1.29, 1.82) is 0 Å². The third kappa shape index (κ3) is 3.12. The Bertz CT molecular complexity index is 646. The van der Waals surface area contributed by atoms with Crippen molar-refractivity contribution >= 4 is 17.0 Å². The van der Waals surface area contributed by atoms with E-state index in [9.17, 15) is 0 Å². The maximum atomic E-state index is 5.16. The van der Waals surface area contributed by atoms with Gasteiger partial charge in [0.15, 0.2) is 0 Å². The molecule has 0 fully saturated rings. The Balaban J connectivity index is 2.41. The third-order valence-electron chi connectivity index (χ3n) is 2.65. The molecule has 4 nitrogen and oxygen atoms in total. The van der Waals surface area contributed by atoms with E-state index in [0.29, 0.717) is 0 Å². The Hall–Kier alpha value is -1.88. The standard InChI is InChI=1S/C14H17N3OS/c1-10(2)15-16-14-17(3)13(9-19-14)11-5-7-12(18-4)8-6-11/h5-9H,1-4H3. The van der Waals surface area contributed by atoms with Crippen LogP contribution in [0.1, 0.15) is 13.8 Å². The van der Waals surface area contributed by atoms with Crippen LogP contribution in [0.25, 0.3) is 11.3 Å². The summed E-state index contributed by atoms with van der Waals surface area (Å²) in [4.78, 5) is 0.881. The van der Waals surface area contributed by atoms with Crippen LogP contribution in [0.15, 0.2) is 39.8 Å².